The molecule has 0 spiro atoms. The van der Waals surface area contributed by atoms with Gasteiger partial charge in [-0.2, -0.15) is 0 Å². The van der Waals surface area contributed by atoms with Crippen LogP contribution < -0.4 is 5.32 Å². The van der Waals surface area contributed by atoms with Gasteiger partial charge < -0.3 is 20.3 Å². The van der Waals surface area contributed by atoms with Crippen LogP contribution in [0, 0.1) is 6.92 Å². The van der Waals surface area contributed by atoms with Gasteiger partial charge in [-0.05, 0) is 47.2 Å². The van der Waals surface area contributed by atoms with Gasteiger partial charge in [0.15, 0.2) is 0 Å². The second kappa shape index (κ2) is 9.69. The molecule has 0 radical (unpaired) electrons. The summed E-state index contributed by atoms with van der Waals surface area (Å²) in [4.78, 5) is 16.2. The molecule has 166 valence electrons. The van der Waals surface area contributed by atoms with Gasteiger partial charge in [0.1, 0.15) is 17.9 Å². The van der Waals surface area contributed by atoms with Crippen LogP contribution >= 0.6 is 11.6 Å². The van der Waals surface area contributed by atoms with Crippen LogP contribution in [-0.2, 0) is 4.74 Å². The summed E-state index contributed by atoms with van der Waals surface area (Å²) in [5.74, 6) is -0.0171. The lowest BCUT2D eigenvalue weighted by atomic mass is 9.98. The van der Waals surface area contributed by atoms with Crippen molar-refractivity contribution in [3.63, 3.8) is 0 Å². The van der Waals surface area contributed by atoms with Crippen LogP contribution in [0.4, 0.5) is 4.79 Å². The Kier molecular flexibility index (Phi) is 6.74. The van der Waals surface area contributed by atoms with E-state index in [4.69, 9.17) is 16.3 Å². The lowest BCUT2D eigenvalue weighted by Gasteiger charge is -2.19. The largest absolute Gasteiger partial charge is 0.449 e. The molecular formula is C25H25ClN2O4. The van der Waals surface area contributed by atoms with Crippen LogP contribution in [0.25, 0.3) is 11.1 Å². The van der Waals surface area contributed by atoms with Gasteiger partial charge in [0.2, 0.25) is 0 Å². The Hall–Kier alpha value is -2.93. The van der Waals surface area contributed by atoms with Gasteiger partial charge in [-0.1, -0.05) is 60.1 Å². The molecule has 32 heavy (non-hydrogen) atoms. The van der Waals surface area contributed by atoms with Gasteiger partial charge in [-0.25, -0.2) is 9.78 Å². The molecule has 1 heterocycles. The zero-order valence-electron chi connectivity index (χ0n) is 17.7. The third-order valence-electron chi connectivity index (χ3n) is 5.74. The highest BCUT2D eigenvalue weighted by Gasteiger charge is 2.29. The molecule has 2 unspecified atom stereocenters. The fourth-order valence-corrected chi connectivity index (χ4v) is 4.33. The van der Waals surface area contributed by atoms with Gasteiger partial charge in [0.25, 0.3) is 0 Å². The zero-order chi connectivity index (χ0) is 22.7. The first kappa shape index (κ1) is 22.3. The molecule has 2 atom stereocenters. The maximum absolute atomic E-state index is 12.2. The van der Waals surface area contributed by atoms with Gasteiger partial charge in [-0.3, -0.25) is 0 Å². The zero-order valence-corrected chi connectivity index (χ0v) is 18.4. The molecule has 0 aliphatic heterocycles. The van der Waals surface area contributed by atoms with E-state index in [1.807, 2.05) is 31.2 Å². The van der Waals surface area contributed by atoms with E-state index in [1.54, 1.807) is 12.3 Å². The normalized spacial score (nSPS) is 14.4. The maximum Gasteiger partial charge on any atom is 0.407 e. The summed E-state index contributed by atoms with van der Waals surface area (Å²) in [7, 11) is 0. The highest BCUT2D eigenvalue weighted by molar-refractivity contribution is 6.30. The number of hydrogen-bond acceptors (Lipinski definition) is 5. The van der Waals surface area contributed by atoms with E-state index in [1.165, 1.54) is 11.1 Å². The van der Waals surface area contributed by atoms with E-state index < -0.39 is 18.3 Å². The number of nitrogens with zero attached hydrogens (tertiary/aromatic N) is 1. The standard InChI is InChI=1S/C25H25ClN2O4/c1-15-12-20(24(26)28-13-15)23(30)22(29)10-11-27-25(31)32-14-21-18-8-4-2-6-16(18)17-7-3-5-9-19(17)21/h2-9,12-13,21-23,29-30H,10-11,14H2,1H3,(H,27,31). The van der Waals surface area contributed by atoms with E-state index >= 15 is 0 Å². The minimum Gasteiger partial charge on any atom is -0.449 e. The van der Waals surface area contributed by atoms with Crippen molar-refractivity contribution in [2.75, 3.05) is 13.2 Å². The van der Waals surface area contributed by atoms with E-state index in [2.05, 4.69) is 34.6 Å². The molecule has 4 rings (SSSR count). The number of hydrogen-bond donors (Lipinski definition) is 3. The van der Waals surface area contributed by atoms with Crippen LogP contribution in [0.15, 0.2) is 60.8 Å². The first-order valence-corrected chi connectivity index (χ1v) is 10.9. The molecule has 1 aliphatic rings. The van der Waals surface area contributed by atoms with E-state index in [-0.39, 0.29) is 30.6 Å². The average molecular weight is 453 g/mol. The quantitative estimate of drug-likeness (QED) is 0.463. The molecule has 7 heteroatoms. The summed E-state index contributed by atoms with van der Waals surface area (Å²) >= 11 is 6.02. The summed E-state index contributed by atoms with van der Waals surface area (Å²) in [5.41, 5.74) is 5.80. The number of carbonyl (C=O) groups excluding carboxylic acids is 1. The number of ether oxygens (including phenoxy) is 1. The molecule has 0 saturated heterocycles. The van der Waals surface area contributed by atoms with Crippen molar-refractivity contribution in [3.05, 3.63) is 88.2 Å². The van der Waals surface area contributed by atoms with E-state index in [0.29, 0.717) is 5.56 Å². The topological polar surface area (TPSA) is 91.7 Å². The predicted octanol–water partition coefficient (Wildman–Crippen LogP) is 4.37. The molecular weight excluding hydrogens is 428 g/mol. The Morgan fingerprint density at radius 2 is 1.75 bits per heavy atom. The summed E-state index contributed by atoms with van der Waals surface area (Å²) in [6.45, 7) is 2.19. The molecule has 2 aromatic carbocycles. The molecule has 0 fully saturated rings. The number of aryl methyl sites for hydroxylation is 1. The Balaban J connectivity index is 1.29. The first-order valence-electron chi connectivity index (χ1n) is 10.5. The maximum atomic E-state index is 12.2. The SMILES string of the molecule is Cc1cnc(Cl)c(C(O)C(O)CCNC(=O)OCC2c3ccccc3-c3ccccc32)c1. The van der Waals surface area contributed by atoms with Gasteiger partial charge in [-0.15, -0.1) is 0 Å². The number of rotatable bonds is 7. The van der Waals surface area contributed by atoms with E-state index in [9.17, 15) is 15.0 Å². The number of amides is 1. The Labute approximate surface area is 191 Å². The molecule has 3 N–H and O–H groups in total. The summed E-state index contributed by atoms with van der Waals surface area (Å²) < 4.78 is 5.48. The molecule has 1 amide bonds. The van der Waals surface area contributed by atoms with Crippen molar-refractivity contribution in [2.24, 2.45) is 0 Å². The number of benzene rings is 2. The summed E-state index contributed by atoms with van der Waals surface area (Å²) in [6.07, 6.45) is -1.15. The number of aliphatic hydroxyl groups excluding tert-OH is 2. The van der Waals surface area contributed by atoms with Gasteiger partial charge >= 0.3 is 6.09 Å². The third-order valence-corrected chi connectivity index (χ3v) is 6.05. The fraction of sp³-hybridized carbons (Fsp3) is 0.280. The minimum absolute atomic E-state index is 0.0171. The minimum atomic E-state index is -1.20. The number of halogens is 1. The molecule has 3 aromatic rings. The van der Waals surface area contributed by atoms with Crippen LogP contribution in [0.3, 0.4) is 0 Å². The number of carbonyl (C=O) groups is 1. The molecule has 6 nitrogen and oxygen atoms in total. The number of aliphatic hydroxyl groups is 2. The molecule has 1 aliphatic carbocycles. The van der Waals surface area contributed by atoms with Crippen LogP contribution in [0.5, 0.6) is 0 Å². The van der Waals surface area contributed by atoms with Crippen LogP contribution in [0.2, 0.25) is 5.15 Å². The van der Waals surface area contributed by atoms with Crippen LogP contribution in [0.1, 0.15) is 40.7 Å². The monoisotopic (exact) mass is 452 g/mol. The highest BCUT2D eigenvalue weighted by Crippen LogP contribution is 2.44. The fourth-order valence-electron chi connectivity index (χ4n) is 4.12. The first-order chi connectivity index (χ1) is 15.5. The van der Waals surface area contributed by atoms with Gasteiger partial charge in [0, 0.05) is 24.2 Å². The predicted molar refractivity (Wildman–Crippen MR) is 123 cm³/mol. The van der Waals surface area contributed by atoms with Gasteiger partial charge in [0.05, 0.1) is 6.10 Å². The second-order valence-electron chi connectivity index (χ2n) is 7.95. The van der Waals surface area contributed by atoms with E-state index in [0.717, 1.165) is 16.7 Å². The average Bonchev–Trinajstić information content (AvgIpc) is 3.12. The van der Waals surface area contributed by atoms with Crippen molar-refractivity contribution in [1.82, 2.24) is 10.3 Å². The van der Waals surface area contributed by atoms with Crippen molar-refractivity contribution in [1.29, 1.82) is 0 Å². The number of pyridine rings is 1. The molecule has 0 saturated carbocycles. The smallest absolute Gasteiger partial charge is 0.407 e. The van der Waals surface area contributed by atoms with Crippen molar-refractivity contribution in [2.45, 2.75) is 31.5 Å². The Morgan fingerprint density at radius 1 is 1.12 bits per heavy atom. The highest BCUT2D eigenvalue weighted by atomic mass is 35.5. The summed E-state index contributed by atoms with van der Waals surface area (Å²) in [5, 5.41) is 23.4. The summed E-state index contributed by atoms with van der Waals surface area (Å²) in [6, 6.07) is 17.9. The van der Waals surface area contributed by atoms with Crippen LogP contribution in [-0.4, -0.2) is 40.5 Å². The van der Waals surface area contributed by atoms with Crippen molar-refractivity contribution >= 4 is 17.7 Å². The number of aromatic nitrogens is 1. The second-order valence-corrected chi connectivity index (χ2v) is 8.30. The number of fused-ring (bicyclic) bond motifs is 3. The number of alkyl carbamates (subject to hydrolysis) is 1. The Morgan fingerprint density at radius 3 is 2.41 bits per heavy atom. The molecule has 1 aromatic heterocycles. The van der Waals surface area contributed by atoms with Crippen molar-refractivity contribution < 1.29 is 19.7 Å². The molecule has 0 bridgehead atoms. The lowest BCUT2D eigenvalue weighted by molar-refractivity contribution is 0.0135. The number of nitrogens with one attached hydrogen (secondary N) is 1. The third kappa shape index (κ3) is 4.63. The Bertz CT molecular complexity index is 1080. The lowest BCUT2D eigenvalue weighted by Crippen LogP contribution is -2.30. The van der Waals surface area contributed by atoms with Crippen molar-refractivity contribution in [3.8, 4) is 11.1 Å².